The van der Waals surface area contributed by atoms with E-state index in [0.29, 0.717) is 11.6 Å². The van der Waals surface area contributed by atoms with Gasteiger partial charge in [-0.2, -0.15) is 5.26 Å². The maximum Gasteiger partial charge on any atom is 0.225 e. The van der Waals surface area contributed by atoms with E-state index in [2.05, 4.69) is 30.8 Å². The van der Waals surface area contributed by atoms with Crippen molar-refractivity contribution < 1.29 is 0 Å². The van der Waals surface area contributed by atoms with Crippen LogP contribution in [0.2, 0.25) is 0 Å². The Hall–Kier alpha value is -2.68. The molecule has 1 fully saturated rings. The highest BCUT2D eigenvalue weighted by molar-refractivity contribution is 5.43. The quantitative estimate of drug-likeness (QED) is 0.865. The van der Waals surface area contributed by atoms with Gasteiger partial charge in [0.2, 0.25) is 5.95 Å². The van der Waals surface area contributed by atoms with Crippen LogP contribution in [0.5, 0.6) is 0 Å². The number of rotatable bonds is 3. The Morgan fingerprint density at radius 2 is 2.00 bits per heavy atom. The van der Waals surface area contributed by atoms with Crippen molar-refractivity contribution in [2.45, 2.75) is 25.8 Å². The van der Waals surface area contributed by atoms with E-state index in [1.54, 1.807) is 6.20 Å². The summed E-state index contributed by atoms with van der Waals surface area (Å²) in [5.74, 6) is 1.68. The van der Waals surface area contributed by atoms with Crippen molar-refractivity contribution in [3.8, 4) is 6.07 Å². The van der Waals surface area contributed by atoms with Crippen LogP contribution in [0.25, 0.3) is 0 Å². The zero-order valence-electron chi connectivity index (χ0n) is 13.5. The molecule has 1 aliphatic heterocycles. The van der Waals surface area contributed by atoms with Crippen LogP contribution in [0.4, 0.5) is 11.8 Å². The molecule has 6 heteroatoms. The molecule has 0 aromatic carbocycles. The Labute approximate surface area is 136 Å². The van der Waals surface area contributed by atoms with Gasteiger partial charge in [0.1, 0.15) is 11.9 Å². The van der Waals surface area contributed by atoms with Crippen LogP contribution in [0, 0.1) is 18.3 Å². The van der Waals surface area contributed by atoms with Gasteiger partial charge in [-0.05, 0) is 37.5 Å². The fourth-order valence-corrected chi connectivity index (χ4v) is 2.85. The molecular formula is C17H20N6. The van der Waals surface area contributed by atoms with Gasteiger partial charge in [0.05, 0.1) is 5.56 Å². The molecule has 1 aliphatic rings. The first-order valence-electron chi connectivity index (χ1n) is 7.80. The van der Waals surface area contributed by atoms with Crippen molar-refractivity contribution in [1.29, 1.82) is 5.26 Å². The summed E-state index contributed by atoms with van der Waals surface area (Å²) in [5.41, 5.74) is 1.65. The van der Waals surface area contributed by atoms with E-state index in [0.717, 1.165) is 43.3 Å². The zero-order valence-corrected chi connectivity index (χ0v) is 13.5. The molecule has 3 rings (SSSR count). The summed E-state index contributed by atoms with van der Waals surface area (Å²) in [6.07, 6.45) is 7.54. The predicted molar refractivity (Wildman–Crippen MR) is 89.4 cm³/mol. The van der Waals surface area contributed by atoms with Crippen LogP contribution in [0.1, 0.15) is 24.0 Å². The molecule has 1 unspecified atom stereocenters. The van der Waals surface area contributed by atoms with Crippen molar-refractivity contribution in [2.75, 3.05) is 29.9 Å². The van der Waals surface area contributed by atoms with Gasteiger partial charge in [0.25, 0.3) is 0 Å². The molecule has 0 radical (unpaired) electrons. The van der Waals surface area contributed by atoms with E-state index in [1.165, 1.54) is 0 Å². The van der Waals surface area contributed by atoms with E-state index in [1.807, 2.05) is 38.5 Å². The second-order valence-corrected chi connectivity index (χ2v) is 5.93. The number of nitrogens with zero attached hydrogens (tertiary/aromatic N) is 6. The first-order valence-corrected chi connectivity index (χ1v) is 7.80. The molecule has 0 bridgehead atoms. The van der Waals surface area contributed by atoms with Crippen LogP contribution >= 0.6 is 0 Å². The van der Waals surface area contributed by atoms with E-state index >= 15 is 0 Å². The van der Waals surface area contributed by atoms with Crippen molar-refractivity contribution in [2.24, 2.45) is 0 Å². The van der Waals surface area contributed by atoms with Gasteiger partial charge in [-0.1, -0.05) is 0 Å². The fraction of sp³-hybridized carbons (Fsp3) is 0.412. The maximum atomic E-state index is 8.88. The van der Waals surface area contributed by atoms with E-state index in [9.17, 15) is 0 Å². The molecule has 3 heterocycles. The summed E-state index contributed by atoms with van der Waals surface area (Å²) >= 11 is 0. The summed E-state index contributed by atoms with van der Waals surface area (Å²) in [7, 11) is 2.05. The van der Waals surface area contributed by atoms with E-state index < -0.39 is 0 Å². The lowest BCUT2D eigenvalue weighted by molar-refractivity contribution is 0.481. The average Bonchev–Trinajstić information content (AvgIpc) is 2.62. The van der Waals surface area contributed by atoms with Crippen LogP contribution < -0.4 is 9.80 Å². The van der Waals surface area contributed by atoms with E-state index in [-0.39, 0.29) is 0 Å². The molecule has 0 spiro atoms. The van der Waals surface area contributed by atoms with E-state index in [4.69, 9.17) is 5.26 Å². The molecule has 2 aromatic rings. The number of likely N-dealkylation sites (N-methyl/N-ethyl adjacent to an activating group) is 1. The fourth-order valence-electron chi connectivity index (χ4n) is 2.85. The number of aromatic nitrogens is 3. The summed E-state index contributed by atoms with van der Waals surface area (Å²) in [6.45, 7) is 3.85. The number of pyridine rings is 1. The maximum absolute atomic E-state index is 8.88. The lowest BCUT2D eigenvalue weighted by Crippen LogP contribution is -2.47. The Balaban J connectivity index is 1.72. The van der Waals surface area contributed by atoms with Gasteiger partial charge in [-0.25, -0.2) is 15.0 Å². The van der Waals surface area contributed by atoms with Crippen molar-refractivity contribution >= 4 is 11.8 Å². The first kappa shape index (κ1) is 15.2. The van der Waals surface area contributed by atoms with Gasteiger partial charge in [-0.15, -0.1) is 0 Å². The molecule has 0 N–H and O–H groups in total. The molecule has 6 nitrogen and oxygen atoms in total. The normalized spacial score (nSPS) is 17.6. The second-order valence-electron chi connectivity index (χ2n) is 5.93. The molecule has 118 valence electrons. The Kier molecular flexibility index (Phi) is 4.38. The number of nitriles is 1. The largest absolute Gasteiger partial charge is 0.355 e. The number of hydrogen-bond acceptors (Lipinski definition) is 6. The molecular weight excluding hydrogens is 288 g/mol. The van der Waals surface area contributed by atoms with Crippen LogP contribution in [0.3, 0.4) is 0 Å². The van der Waals surface area contributed by atoms with Crippen LogP contribution in [-0.2, 0) is 0 Å². The molecule has 1 atom stereocenters. The van der Waals surface area contributed by atoms with Gasteiger partial charge < -0.3 is 9.80 Å². The monoisotopic (exact) mass is 308 g/mol. The lowest BCUT2D eigenvalue weighted by Gasteiger charge is -2.38. The third kappa shape index (κ3) is 3.39. The van der Waals surface area contributed by atoms with Gasteiger partial charge in [0, 0.05) is 44.8 Å². The van der Waals surface area contributed by atoms with Crippen molar-refractivity contribution in [1.82, 2.24) is 15.0 Å². The SMILES string of the molecule is Cc1cnc(N(C)C2CCCN(c3ccc(C#N)cn3)C2)nc1. The topological polar surface area (TPSA) is 68.9 Å². The number of aryl methyl sites for hydroxylation is 1. The van der Waals surface area contributed by atoms with Crippen LogP contribution in [0.15, 0.2) is 30.7 Å². The molecule has 1 saturated heterocycles. The summed E-state index contributed by atoms with van der Waals surface area (Å²) in [4.78, 5) is 17.7. The van der Waals surface area contributed by atoms with Gasteiger partial charge in [-0.3, -0.25) is 0 Å². The first-order chi connectivity index (χ1) is 11.2. The highest BCUT2D eigenvalue weighted by Crippen LogP contribution is 2.22. The Morgan fingerprint density at radius 1 is 1.22 bits per heavy atom. The highest BCUT2D eigenvalue weighted by Gasteiger charge is 2.25. The smallest absolute Gasteiger partial charge is 0.225 e. The minimum atomic E-state index is 0.351. The zero-order chi connectivity index (χ0) is 16.2. The Bertz CT molecular complexity index is 689. The van der Waals surface area contributed by atoms with Gasteiger partial charge >= 0.3 is 0 Å². The lowest BCUT2D eigenvalue weighted by atomic mass is 10.0. The minimum Gasteiger partial charge on any atom is -0.355 e. The minimum absolute atomic E-state index is 0.351. The standard InChI is InChI=1S/C17H20N6/c1-13-9-20-17(21-10-13)22(2)15-4-3-7-23(12-15)16-6-5-14(8-18)11-19-16/h5-6,9-11,15H,3-4,7,12H2,1-2H3. The van der Waals surface area contributed by atoms with Gasteiger partial charge in [0.15, 0.2) is 0 Å². The molecule has 0 aliphatic carbocycles. The number of piperidine rings is 1. The summed E-state index contributed by atoms with van der Waals surface area (Å²) < 4.78 is 0. The molecule has 23 heavy (non-hydrogen) atoms. The third-order valence-electron chi connectivity index (χ3n) is 4.23. The number of hydrogen-bond donors (Lipinski definition) is 0. The van der Waals surface area contributed by atoms with Crippen LogP contribution in [-0.4, -0.2) is 41.1 Å². The second kappa shape index (κ2) is 6.61. The molecule has 0 saturated carbocycles. The van der Waals surface area contributed by atoms with Crippen molar-refractivity contribution in [3.05, 3.63) is 41.9 Å². The summed E-state index contributed by atoms with van der Waals surface area (Å²) in [5, 5.41) is 8.88. The van der Waals surface area contributed by atoms with Crippen molar-refractivity contribution in [3.63, 3.8) is 0 Å². The molecule has 0 amide bonds. The average molecular weight is 308 g/mol. The Morgan fingerprint density at radius 3 is 2.65 bits per heavy atom. The third-order valence-corrected chi connectivity index (χ3v) is 4.23. The summed E-state index contributed by atoms with van der Waals surface area (Å²) in [6, 6.07) is 6.19. The predicted octanol–water partition coefficient (Wildman–Crippen LogP) is 2.16. The highest BCUT2D eigenvalue weighted by atomic mass is 15.3. The number of anilines is 2. The molecule has 2 aromatic heterocycles.